The van der Waals surface area contributed by atoms with Crippen LogP contribution in [0.15, 0.2) is 18.2 Å². The minimum absolute atomic E-state index is 0.152. The number of methoxy groups -OCH3 is 1. The van der Waals surface area contributed by atoms with Gasteiger partial charge in [0.2, 0.25) is 0 Å². The smallest absolute Gasteiger partial charge is 0.410 e. The van der Waals surface area contributed by atoms with Gasteiger partial charge in [-0.05, 0) is 31.0 Å². The van der Waals surface area contributed by atoms with Gasteiger partial charge in [-0.15, -0.1) is 11.3 Å². The summed E-state index contributed by atoms with van der Waals surface area (Å²) < 4.78 is 9.89. The average molecular weight is 468 g/mol. The van der Waals surface area contributed by atoms with Gasteiger partial charge in [0.15, 0.2) is 0 Å². The molecule has 2 aromatic rings. The Labute approximate surface area is 185 Å². The molecule has 2 amide bonds. The molecule has 0 saturated carbocycles. The van der Waals surface area contributed by atoms with Crippen molar-refractivity contribution in [3.63, 3.8) is 0 Å². The Bertz CT molecular complexity index is 1070. The number of fused-ring (bicyclic) bond motifs is 1. The number of nitro benzene ring substituents is 1. The van der Waals surface area contributed by atoms with Crippen LogP contribution >= 0.6 is 22.9 Å². The highest BCUT2D eigenvalue weighted by atomic mass is 35.5. The van der Waals surface area contributed by atoms with E-state index in [1.165, 1.54) is 24.1 Å². The van der Waals surface area contributed by atoms with E-state index < -0.39 is 28.6 Å². The van der Waals surface area contributed by atoms with E-state index in [0.717, 1.165) is 17.4 Å². The predicted molar refractivity (Wildman–Crippen MR) is 113 cm³/mol. The fourth-order valence-corrected chi connectivity index (χ4v) is 4.62. The zero-order valence-electron chi connectivity index (χ0n) is 16.6. The Morgan fingerprint density at radius 1 is 1.35 bits per heavy atom. The van der Waals surface area contributed by atoms with E-state index in [0.29, 0.717) is 23.4 Å². The Balaban J connectivity index is 1.96. The lowest BCUT2D eigenvalue weighted by molar-refractivity contribution is -0.385. The molecule has 10 nitrogen and oxygen atoms in total. The second-order valence-corrected chi connectivity index (χ2v) is 7.98. The van der Waals surface area contributed by atoms with Crippen LogP contribution in [0.5, 0.6) is 0 Å². The number of thiophene rings is 1. The summed E-state index contributed by atoms with van der Waals surface area (Å²) in [6.07, 6.45) is -0.108. The fraction of sp³-hybridized carbons (Fsp3) is 0.316. The number of nitrogens with one attached hydrogen (secondary N) is 1. The Kier molecular flexibility index (Phi) is 6.76. The molecule has 1 aromatic heterocycles. The van der Waals surface area contributed by atoms with Crippen LogP contribution in [0.1, 0.15) is 38.1 Å². The van der Waals surface area contributed by atoms with Crippen LogP contribution in [0, 0.1) is 10.1 Å². The summed E-state index contributed by atoms with van der Waals surface area (Å²) in [5.74, 6) is -1.45. The summed E-state index contributed by atoms with van der Waals surface area (Å²) >= 11 is 7.00. The van der Waals surface area contributed by atoms with Crippen molar-refractivity contribution < 1.29 is 28.8 Å². The normalized spacial score (nSPS) is 12.7. The molecule has 0 aliphatic carbocycles. The first-order valence-electron chi connectivity index (χ1n) is 9.16. The topological polar surface area (TPSA) is 128 Å². The molecule has 1 aliphatic heterocycles. The maximum Gasteiger partial charge on any atom is 0.410 e. The molecule has 1 aliphatic rings. The minimum atomic E-state index is -0.791. The molecule has 0 fully saturated rings. The van der Waals surface area contributed by atoms with E-state index in [-0.39, 0.29) is 34.3 Å². The summed E-state index contributed by atoms with van der Waals surface area (Å²) in [6.45, 7) is 2.48. The molecule has 0 saturated heterocycles. The van der Waals surface area contributed by atoms with Crippen molar-refractivity contribution in [2.75, 3.05) is 25.6 Å². The third-order valence-corrected chi connectivity index (χ3v) is 5.97. The Hall–Kier alpha value is -3.18. The van der Waals surface area contributed by atoms with Gasteiger partial charge in [0.1, 0.15) is 10.6 Å². The van der Waals surface area contributed by atoms with Gasteiger partial charge in [0, 0.05) is 22.5 Å². The molecule has 0 spiro atoms. The number of hydrogen-bond acceptors (Lipinski definition) is 8. The van der Waals surface area contributed by atoms with Crippen molar-refractivity contribution in [1.29, 1.82) is 0 Å². The number of benzene rings is 1. The summed E-state index contributed by atoms with van der Waals surface area (Å²) in [4.78, 5) is 50.1. The third kappa shape index (κ3) is 4.62. The molecule has 3 rings (SSSR count). The van der Waals surface area contributed by atoms with Crippen LogP contribution in [0.4, 0.5) is 15.5 Å². The highest BCUT2D eigenvalue weighted by molar-refractivity contribution is 7.17. The van der Waals surface area contributed by atoms with Gasteiger partial charge in [0.05, 0.1) is 30.7 Å². The molecule has 0 unspecified atom stereocenters. The third-order valence-electron chi connectivity index (χ3n) is 4.60. The molecule has 12 heteroatoms. The van der Waals surface area contributed by atoms with E-state index in [1.807, 2.05) is 0 Å². The standard InChI is InChI=1S/C19H18ClN3O7S/c1-3-30-19(26)22-7-6-11-14(9-22)31-17(15(11)18(25)29-2)21-16(24)12-8-10(20)4-5-13(12)23(27)28/h4-5,8H,3,6-7,9H2,1-2H3,(H,21,24). The first kappa shape index (κ1) is 22.5. The van der Waals surface area contributed by atoms with Gasteiger partial charge in [-0.25, -0.2) is 9.59 Å². The van der Waals surface area contributed by atoms with E-state index >= 15 is 0 Å². The molecule has 0 atom stereocenters. The van der Waals surface area contributed by atoms with Gasteiger partial charge in [-0.3, -0.25) is 14.9 Å². The number of ether oxygens (including phenoxy) is 2. The van der Waals surface area contributed by atoms with Crippen molar-refractivity contribution in [1.82, 2.24) is 4.90 Å². The van der Waals surface area contributed by atoms with Crippen molar-refractivity contribution in [2.45, 2.75) is 19.9 Å². The van der Waals surface area contributed by atoms with E-state index in [2.05, 4.69) is 5.32 Å². The van der Waals surface area contributed by atoms with Gasteiger partial charge in [-0.1, -0.05) is 11.6 Å². The number of amides is 2. The maximum absolute atomic E-state index is 12.8. The van der Waals surface area contributed by atoms with Crippen LogP contribution in [0.25, 0.3) is 0 Å². The van der Waals surface area contributed by atoms with E-state index in [9.17, 15) is 24.5 Å². The molecule has 2 heterocycles. The number of esters is 1. The van der Waals surface area contributed by atoms with Gasteiger partial charge in [-0.2, -0.15) is 0 Å². The maximum atomic E-state index is 12.8. The second kappa shape index (κ2) is 9.31. The lowest BCUT2D eigenvalue weighted by Crippen LogP contribution is -2.36. The molecule has 1 N–H and O–H groups in total. The number of anilines is 1. The Morgan fingerprint density at radius 3 is 2.74 bits per heavy atom. The summed E-state index contributed by atoms with van der Waals surface area (Å²) in [7, 11) is 1.22. The first-order chi connectivity index (χ1) is 14.8. The highest BCUT2D eigenvalue weighted by Gasteiger charge is 2.32. The zero-order chi connectivity index (χ0) is 22.7. The molecular formula is C19H18ClN3O7S. The number of carbonyl (C=O) groups excluding carboxylic acids is 3. The van der Waals surface area contributed by atoms with Crippen molar-refractivity contribution in [2.24, 2.45) is 0 Å². The van der Waals surface area contributed by atoms with E-state index in [4.69, 9.17) is 21.1 Å². The number of hydrogen-bond donors (Lipinski definition) is 1. The molecule has 0 bridgehead atoms. The number of rotatable bonds is 5. The largest absolute Gasteiger partial charge is 0.465 e. The number of carbonyl (C=O) groups is 3. The minimum Gasteiger partial charge on any atom is -0.465 e. The quantitative estimate of drug-likeness (QED) is 0.401. The van der Waals surface area contributed by atoms with Crippen LogP contribution in [-0.4, -0.2) is 48.1 Å². The summed E-state index contributed by atoms with van der Waals surface area (Å²) in [6, 6.07) is 3.63. The van der Waals surface area contributed by atoms with E-state index in [1.54, 1.807) is 6.92 Å². The van der Waals surface area contributed by atoms with Gasteiger partial charge >= 0.3 is 12.1 Å². The monoisotopic (exact) mass is 467 g/mol. The SMILES string of the molecule is CCOC(=O)N1CCc2c(sc(NC(=O)c3cc(Cl)ccc3[N+](=O)[O-])c2C(=O)OC)C1. The fourth-order valence-electron chi connectivity index (χ4n) is 3.20. The second-order valence-electron chi connectivity index (χ2n) is 6.44. The van der Waals surface area contributed by atoms with Crippen LogP contribution in [0.2, 0.25) is 5.02 Å². The molecule has 0 radical (unpaired) electrons. The van der Waals surface area contributed by atoms with Crippen LogP contribution in [-0.2, 0) is 22.4 Å². The van der Waals surface area contributed by atoms with Gasteiger partial charge in [0.25, 0.3) is 11.6 Å². The molecule has 1 aromatic carbocycles. The van der Waals surface area contributed by atoms with Crippen molar-refractivity contribution in [3.8, 4) is 0 Å². The Morgan fingerprint density at radius 2 is 2.10 bits per heavy atom. The van der Waals surface area contributed by atoms with Crippen molar-refractivity contribution >= 4 is 51.6 Å². The predicted octanol–water partition coefficient (Wildman–Crippen LogP) is 3.86. The lowest BCUT2D eigenvalue weighted by Gasteiger charge is -2.26. The van der Waals surface area contributed by atoms with Crippen molar-refractivity contribution in [3.05, 3.63) is 54.9 Å². The number of nitrogens with zero attached hydrogens (tertiary/aromatic N) is 2. The highest BCUT2D eigenvalue weighted by Crippen LogP contribution is 2.38. The van der Waals surface area contributed by atoms with Gasteiger partial charge < -0.3 is 19.7 Å². The zero-order valence-corrected chi connectivity index (χ0v) is 18.2. The first-order valence-corrected chi connectivity index (χ1v) is 10.4. The average Bonchev–Trinajstić information content (AvgIpc) is 3.09. The van der Waals surface area contributed by atoms with Crippen LogP contribution in [0.3, 0.4) is 0 Å². The molecular weight excluding hydrogens is 450 g/mol. The molecule has 164 valence electrons. The number of halogens is 1. The summed E-state index contributed by atoms with van der Waals surface area (Å²) in [5.41, 5.74) is 0.168. The summed E-state index contributed by atoms with van der Waals surface area (Å²) in [5, 5.41) is 14.2. The number of nitro groups is 1. The van der Waals surface area contributed by atoms with Crippen LogP contribution < -0.4 is 5.32 Å². The lowest BCUT2D eigenvalue weighted by atomic mass is 10.0. The molecule has 31 heavy (non-hydrogen) atoms.